The van der Waals surface area contributed by atoms with Crippen LogP contribution in [0, 0.1) is 23.4 Å². The first-order valence-corrected chi connectivity index (χ1v) is 11.1. The Hall–Kier alpha value is -2.91. The molecule has 1 fully saturated rings. The van der Waals surface area contributed by atoms with E-state index in [1.54, 1.807) is 0 Å². The first-order chi connectivity index (χ1) is 15.5. The van der Waals surface area contributed by atoms with Gasteiger partial charge in [0.15, 0.2) is 11.6 Å². The summed E-state index contributed by atoms with van der Waals surface area (Å²) in [7, 11) is 0. The minimum atomic E-state index is -1.48. The van der Waals surface area contributed by atoms with Gasteiger partial charge in [-0.05, 0) is 25.0 Å². The minimum Gasteiger partial charge on any atom is -0.355 e. The Morgan fingerprint density at radius 1 is 1.00 bits per heavy atom. The minimum absolute atomic E-state index is 0.0798. The number of amides is 2. The summed E-state index contributed by atoms with van der Waals surface area (Å²) in [6.45, 7) is 1.15. The Labute approximate surface area is 184 Å². The molecule has 7 nitrogen and oxygen atoms in total. The number of fused-ring (bicyclic) bond motifs is 1. The Morgan fingerprint density at radius 2 is 1.75 bits per heavy atom. The van der Waals surface area contributed by atoms with E-state index in [9.17, 15) is 22.8 Å². The Balaban J connectivity index is 1.37. The van der Waals surface area contributed by atoms with Crippen LogP contribution in [0.3, 0.4) is 0 Å². The van der Waals surface area contributed by atoms with Gasteiger partial charge in [0.25, 0.3) is 5.91 Å². The number of nitrogens with zero attached hydrogens (tertiary/aromatic N) is 4. The predicted octanol–water partition coefficient (Wildman–Crippen LogP) is 2.63. The van der Waals surface area contributed by atoms with Crippen molar-refractivity contribution in [3.8, 4) is 0 Å². The van der Waals surface area contributed by atoms with E-state index in [-0.39, 0.29) is 24.9 Å². The smallest absolute Gasteiger partial charge is 0.260 e. The van der Waals surface area contributed by atoms with E-state index >= 15 is 0 Å². The average molecular weight is 449 g/mol. The lowest BCUT2D eigenvalue weighted by molar-refractivity contribution is -0.125. The molecule has 0 bridgehead atoms. The summed E-state index contributed by atoms with van der Waals surface area (Å²) < 4.78 is 43.5. The monoisotopic (exact) mass is 449 g/mol. The third kappa shape index (κ3) is 4.63. The highest BCUT2D eigenvalue weighted by molar-refractivity contribution is 5.94. The molecular weight excluding hydrogens is 423 g/mol. The summed E-state index contributed by atoms with van der Waals surface area (Å²) >= 11 is 0. The van der Waals surface area contributed by atoms with Gasteiger partial charge in [0.2, 0.25) is 5.91 Å². The summed E-state index contributed by atoms with van der Waals surface area (Å²) in [6, 6.07) is 1.41. The molecule has 2 aromatic rings. The maximum Gasteiger partial charge on any atom is 0.260 e. The molecular formula is C22H26F3N5O2. The van der Waals surface area contributed by atoms with E-state index < -0.39 is 28.9 Å². The fourth-order valence-corrected chi connectivity index (χ4v) is 4.46. The van der Waals surface area contributed by atoms with Crippen molar-refractivity contribution in [1.82, 2.24) is 25.0 Å². The largest absolute Gasteiger partial charge is 0.355 e. The van der Waals surface area contributed by atoms with Crippen molar-refractivity contribution in [3.63, 3.8) is 0 Å². The van der Waals surface area contributed by atoms with Crippen LogP contribution >= 0.6 is 0 Å². The second-order valence-corrected chi connectivity index (χ2v) is 8.32. The molecule has 172 valence electrons. The predicted molar refractivity (Wildman–Crippen MR) is 109 cm³/mol. The standard InChI is InChI=1S/C22H26F3N5O2/c23-15-6-7-16(24)20(25)19(15)22(32)29-11-9-18-28-27-17(30(18)13-12-29)8-10-26-21(31)14-4-2-1-3-5-14/h6-7,14H,1-5,8-13H2,(H,26,31). The number of carbonyl (C=O) groups excluding carboxylic acids is 2. The lowest BCUT2D eigenvalue weighted by atomic mass is 9.89. The highest BCUT2D eigenvalue weighted by atomic mass is 19.2. The first kappa shape index (κ1) is 22.3. The molecule has 0 unspecified atom stereocenters. The van der Waals surface area contributed by atoms with Gasteiger partial charge in [0.1, 0.15) is 23.0 Å². The van der Waals surface area contributed by atoms with E-state index in [2.05, 4.69) is 15.5 Å². The van der Waals surface area contributed by atoms with Gasteiger partial charge >= 0.3 is 0 Å². The molecule has 2 aliphatic rings. The van der Waals surface area contributed by atoms with E-state index in [0.29, 0.717) is 43.6 Å². The van der Waals surface area contributed by atoms with Crippen LogP contribution in [0.15, 0.2) is 12.1 Å². The molecule has 2 heterocycles. The molecule has 1 aromatic carbocycles. The number of rotatable bonds is 5. The maximum absolute atomic E-state index is 14.1. The molecule has 4 rings (SSSR count). The lowest BCUT2D eigenvalue weighted by Crippen LogP contribution is -2.35. The molecule has 0 saturated heterocycles. The van der Waals surface area contributed by atoms with Gasteiger partial charge < -0.3 is 14.8 Å². The van der Waals surface area contributed by atoms with Crippen molar-refractivity contribution < 1.29 is 22.8 Å². The van der Waals surface area contributed by atoms with E-state index in [1.807, 2.05) is 4.57 Å². The molecule has 0 spiro atoms. The number of nitrogens with one attached hydrogen (secondary N) is 1. The summed E-state index contributed by atoms with van der Waals surface area (Å²) in [5, 5.41) is 11.4. The molecule has 1 aromatic heterocycles. The summed E-state index contributed by atoms with van der Waals surface area (Å²) in [4.78, 5) is 26.3. The van der Waals surface area contributed by atoms with Gasteiger partial charge in [-0.15, -0.1) is 10.2 Å². The third-order valence-electron chi connectivity index (χ3n) is 6.27. The molecule has 1 aliphatic heterocycles. The second kappa shape index (κ2) is 9.70. The molecule has 32 heavy (non-hydrogen) atoms. The quantitative estimate of drug-likeness (QED) is 0.712. The van der Waals surface area contributed by atoms with Crippen molar-refractivity contribution in [1.29, 1.82) is 0 Å². The zero-order chi connectivity index (χ0) is 22.7. The number of benzene rings is 1. The van der Waals surface area contributed by atoms with Gasteiger partial charge in [-0.1, -0.05) is 19.3 Å². The van der Waals surface area contributed by atoms with Crippen molar-refractivity contribution >= 4 is 11.8 Å². The van der Waals surface area contributed by atoms with Gasteiger partial charge in [-0.2, -0.15) is 0 Å². The van der Waals surface area contributed by atoms with Crippen LogP contribution in [0.2, 0.25) is 0 Å². The van der Waals surface area contributed by atoms with E-state index in [1.165, 1.54) is 11.3 Å². The van der Waals surface area contributed by atoms with Gasteiger partial charge in [0.05, 0.1) is 0 Å². The van der Waals surface area contributed by atoms with Crippen LogP contribution < -0.4 is 5.32 Å². The third-order valence-corrected chi connectivity index (χ3v) is 6.27. The summed E-state index contributed by atoms with van der Waals surface area (Å²) in [6.07, 6.45) is 6.08. The van der Waals surface area contributed by atoms with Gasteiger partial charge in [-0.25, -0.2) is 13.2 Å². The zero-order valence-electron chi connectivity index (χ0n) is 17.7. The molecule has 1 N–H and O–H groups in total. The van der Waals surface area contributed by atoms with Crippen molar-refractivity contribution in [2.24, 2.45) is 5.92 Å². The molecule has 10 heteroatoms. The van der Waals surface area contributed by atoms with Crippen LogP contribution in [0.1, 0.15) is 54.1 Å². The Bertz CT molecular complexity index is 1000. The van der Waals surface area contributed by atoms with Crippen molar-refractivity contribution in [3.05, 3.63) is 46.8 Å². The van der Waals surface area contributed by atoms with Crippen LogP contribution in [0.4, 0.5) is 13.2 Å². The Morgan fingerprint density at radius 3 is 2.53 bits per heavy atom. The highest BCUT2D eigenvalue weighted by Gasteiger charge is 2.28. The number of aromatic nitrogens is 3. The lowest BCUT2D eigenvalue weighted by Gasteiger charge is -2.21. The van der Waals surface area contributed by atoms with Crippen LogP contribution in [-0.2, 0) is 24.2 Å². The Kier molecular flexibility index (Phi) is 6.76. The SMILES string of the molecule is O=C(NCCc1nnc2n1CCN(C(=O)c1c(F)ccc(F)c1F)CC2)C1CCCCC1. The summed E-state index contributed by atoms with van der Waals surface area (Å²) in [5.74, 6) is -3.21. The van der Waals surface area contributed by atoms with Crippen molar-refractivity contribution in [2.75, 3.05) is 19.6 Å². The van der Waals surface area contributed by atoms with E-state index in [4.69, 9.17) is 0 Å². The second-order valence-electron chi connectivity index (χ2n) is 8.32. The molecule has 1 saturated carbocycles. The van der Waals surface area contributed by atoms with Gasteiger partial charge in [0, 0.05) is 44.9 Å². The number of carbonyl (C=O) groups is 2. The van der Waals surface area contributed by atoms with E-state index in [0.717, 1.165) is 31.7 Å². The topological polar surface area (TPSA) is 80.1 Å². The average Bonchev–Trinajstić information content (AvgIpc) is 3.05. The van der Waals surface area contributed by atoms with Crippen LogP contribution in [-0.4, -0.2) is 51.1 Å². The van der Waals surface area contributed by atoms with Crippen LogP contribution in [0.5, 0.6) is 0 Å². The first-order valence-electron chi connectivity index (χ1n) is 11.1. The fraction of sp³-hybridized carbons (Fsp3) is 0.545. The molecule has 0 radical (unpaired) electrons. The van der Waals surface area contributed by atoms with Crippen molar-refractivity contribution in [2.45, 2.75) is 51.5 Å². The zero-order valence-corrected chi connectivity index (χ0v) is 17.7. The normalized spacial score (nSPS) is 17.0. The van der Waals surface area contributed by atoms with Crippen LogP contribution in [0.25, 0.3) is 0 Å². The number of hydrogen-bond acceptors (Lipinski definition) is 4. The van der Waals surface area contributed by atoms with Gasteiger partial charge in [-0.3, -0.25) is 9.59 Å². The highest BCUT2D eigenvalue weighted by Crippen LogP contribution is 2.23. The molecule has 1 aliphatic carbocycles. The number of hydrogen-bond donors (Lipinski definition) is 1. The molecule has 0 atom stereocenters. The maximum atomic E-state index is 14.1. The number of halogens is 3. The fourth-order valence-electron chi connectivity index (χ4n) is 4.46. The molecule has 2 amide bonds. The summed E-state index contributed by atoms with van der Waals surface area (Å²) in [5.41, 5.74) is -0.881.